The zero-order chi connectivity index (χ0) is 11.7. The highest BCUT2D eigenvalue weighted by molar-refractivity contribution is 5.85. The molecular formula is C13H24ClN3O. The average molecular weight is 274 g/mol. The second kappa shape index (κ2) is 6.22. The first-order valence-corrected chi connectivity index (χ1v) is 7.05. The van der Waals surface area contributed by atoms with Crippen molar-refractivity contribution in [3.8, 4) is 0 Å². The number of hydrogen-bond acceptors (Lipinski definition) is 3. The molecule has 1 saturated carbocycles. The van der Waals surface area contributed by atoms with Crippen LogP contribution >= 0.6 is 12.4 Å². The molecule has 1 aliphatic carbocycles. The van der Waals surface area contributed by atoms with E-state index in [2.05, 4.69) is 15.1 Å². The number of nitrogens with zero attached hydrogens (tertiary/aromatic N) is 2. The molecule has 5 heteroatoms. The zero-order valence-electron chi connectivity index (χ0n) is 10.9. The topological polar surface area (TPSA) is 35.6 Å². The predicted octanol–water partition coefficient (Wildman–Crippen LogP) is 0.714. The van der Waals surface area contributed by atoms with Gasteiger partial charge in [0.1, 0.15) is 0 Å². The summed E-state index contributed by atoms with van der Waals surface area (Å²) in [5, 5.41) is 3.45. The quantitative estimate of drug-likeness (QED) is 0.823. The lowest BCUT2D eigenvalue weighted by molar-refractivity contribution is -0.136. The van der Waals surface area contributed by atoms with Crippen LogP contribution in [0.2, 0.25) is 0 Å². The molecule has 0 bridgehead atoms. The molecule has 2 aliphatic heterocycles. The third-order valence-electron chi connectivity index (χ3n) is 4.24. The highest BCUT2D eigenvalue weighted by atomic mass is 35.5. The average Bonchev–Trinajstić information content (AvgIpc) is 3.15. The van der Waals surface area contributed by atoms with Crippen LogP contribution < -0.4 is 5.32 Å². The monoisotopic (exact) mass is 273 g/mol. The molecule has 4 nitrogen and oxygen atoms in total. The smallest absolute Gasteiger partial charge is 0.237 e. The van der Waals surface area contributed by atoms with Crippen LogP contribution in [0.1, 0.15) is 25.7 Å². The van der Waals surface area contributed by atoms with Gasteiger partial charge in [0.2, 0.25) is 5.91 Å². The van der Waals surface area contributed by atoms with Crippen LogP contribution in [0.25, 0.3) is 0 Å². The van der Waals surface area contributed by atoms with Crippen molar-refractivity contribution < 1.29 is 4.79 Å². The molecule has 1 unspecified atom stereocenters. The molecule has 18 heavy (non-hydrogen) atoms. The van der Waals surface area contributed by atoms with Crippen molar-refractivity contribution in [1.82, 2.24) is 15.1 Å². The van der Waals surface area contributed by atoms with Crippen molar-refractivity contribution in [3.05, 3.63) is 0 Å². The molecule has 0 aromatic rings. The first-order valence-electron chi connectivity index (χ1n) is 7.05. The van der Waals surface area contributed by atoms with Crippen molar-refractivity contribution in [1.29, 1.82) is 0 Å². The number of carbonyl (C=O) groups excluding carboxylic acids is 1. The lowest BCUT2D eigenvalue weighted by Crippen LogP contribution is -2.52. The molecule has 0 aromatic heterocycles. The third-order valence-corrected chi connectivity index (χ3v) is 4.24. The van der Waals surface area contributed by atoms with Crippen LogP contribution in [0.5, 0.6) is 0 Å². The van der Waals surface area contributed by atoms with Crippen molar-refractivity contribution >= 4 is 18.3 Å². The number of hydrogen-bond donors (Lipinski definition) is 1. The standard InChI is InChI=1S/C13H23N3O.ClH/c17-13-10-15(6-7-16(13)12-3-4-12)9-11-2-1-5-14-8-11;/h11-12,14H,1-10H2;1H. The minimum absolute atomic E-state index is 0. The highest BCUT2D eigenvalue weighted by Gasteiger charge is 2.35. The largest absolute Gasteiger partial charge is 0.337 e. The highest BCUT2D eigenvalue weighted by Crippen LogP contribution is 2.28. The van der Waals surface area contributed by atoms with Gasteiger partial charge in [-0.25, -0.2) is 0 Å². The molecule has 3 fully saturated rings. The Balaban J connectivity index is 0.00000120. The number of carbonyl (C=O) groups is 1. The van der Waals surface area contributed by atoms with E-state index < -0.39 is 0 Å². The summed E-state index contributed by atoms with van der Waals surface area (Å²) in [6, 6.07) is 0.598. The van der Waals surface area contributed by atoms with Crippen LogP contribution in [0.15, 0.2) is 0 Å². The van der Waals surface area contributed by atoms with Gasteiger partial charge >= 0.3 is 0 Å². The van der Waals surface area contributed by atoms with E-state index in [1.54, 1.807) is 0 Å². The molecule has 1 atom stereocenters. The van der Waals surface area contributed by atoms with Gasteiger partial charge in [-0.15, -0.1) is 12.4 Å². The molecule has 1 amide bonds. The molecule has 3 rings (SSSR count). The van der Waals surface area contributed by atoms with E-state index in [4.69, 9.17) is 0 Å². The molecule has 104 valence electrons. The van der Waals surface area contributed by atoms with Gasteiger partial charge in [0.25, 0.3) is 0 Å². The number of nitrogens with one attached hydrogen (secondary N) is 1. The summed E-state index contributed by atoms with van der Waals surface area (Å²) in [6.07, 6.45) is 5.08. The minimum Gasteiger partial charge on any atom is -0.337 e. The normalized spacial score (nSPS) is 30.1. The van der Waals surface area contributed by atoms with E-state index in [-0.39, 0.29) is 12.4 Å². The summed E-state index contributed by atoms with van der Waals surface area (Å²) in [7, 11) is 0. The molecule has 0 radical (unpaired) electrons. The Bertz CT molecular complexity index is 290. The number of rotatable bonds is 3. The maximum atomic E-state index is 12.0. The third kappa shape index (κ3) is 3.37. The Labute approximate surface area is 115 Å². The summed E-state index contributed by atoms with van der Waals surface area (Å²) in [5.41, 5.74) is 0. The zero-order valence-corrected chi connectivity index (χ0v) is 11.8. The Morgan fingerprint density at radius 2 is 2.06 bits per heavy atom. The molecule has 1 N–H and O–H groups in total. The van der Waals surface area contributed by atoms with Crippen molar-refractivity contribution in [2.24, 2.45) is 5.92 Å². The first kappa shape index (κ1) is 14.1. The molecule has 3 aliphatic rings. The fourth-order valence-electron chi connectivity index (χ4n) is 3.11. The van der Waals surface area contributed by atoms with Gasteiger partial charge in [-0.05, 0) is 44.7 Å². The lowest BCUT2D eigenvalue weighted by atomic mass is 9.99. The van der Waals surface area contributed by atoms with E-state index in [1.165, 1.54) is 32.2 Å². The molecular weight excluding hydrogens is 250 g/mol. The van der Waals surface area contributed by atoms with E-state index in [9.17, 15) is 4.79 Å². The van der Waals surface area contributed by atoms with Crippen LogP contribution in [0.4, 0.5) is 0 Å². The second-order valence-corrected chi connectivity index (χ2v) is 5.77. The summed E-state index contributed by atoms with van der Waals surface area (Å²) in [6.45, 7) is 6.12. The van der Waals surface area contributed by atoms with Gasteiger partial charge in [-0.1, -0.05) is 0 Å². The minimum atomic E-state index is 0. The summed E-state index contributed by atoms with van der Waals surface area (Å²) in [4.78, 5) is 16.5. The Kier molecular flexibility index (Phi) is 4.87. The van der Waals surface area contributed by atoms with Crippen LogP contribution in [-0.4, -0.2) is 61.0 Å². The molecule has 0 spiro atoms. The van der Waals surface area contributed by atoms with Crippen molar-refractivity contribution in [2.75, 3.05) is 39.3 Å². The first-order chi connectivity index (χ1) is 8.33. The van der Waals surface area contributed by atoms with Gasteiger partial charge in [0.05, 0.1) is 6.54 Å². The van der Waals surface area contributed by atoms with Crippen LogP contribution in [0, 0.1) is 5.92 Å². The molecule has 0 aromatic carbocycles. The van der Waals surface area contributed by atoms with Gasteiger partial charge in [-0.3, -0.25) is 9.69 Å². The number of amides is 1. The summed E-state index contributed by atoms with van der Waals surface area (Å²) < 4.78 is 0. The number of halogens is 1. The Hall–Kier alpha value is -0.320. The lowest BCUT2D eigenvalue weighted by Gasteiger charge is -2.37. The summed E-state index contributed by atoms with van der Waals surface area (Å²) >= 11 is 0. The number of piperazine rings is 1. The van der Waals surface area contributed by atoms with Gasteiger partial charge < -0.3 is 10.2 Å². The van der Waals surface area contributed by atoms with E-state index in [0.717, 1.165) is 32.1 Å². The van der Waals surface area contributed by atoms with E-state index in [1.807, 2.05) is 0 Å². The number of piperidine rings is 1. The second-order valence-electron chi connectivity index (χ2n) is 5.77. The maximum Gasteiger partial charge on any atom is 0.237 e. The molecule has 2 saturated heterocycles. The van der Waals surface area contributed by atoms with Crippen molar-refractivity contribution in [2.45, 2.75) is 31.7 Å². The van der Waals surface area contributed by atoms with Crippen LogP contribution in [-0.2, 0) is 4.79 Å². The predicted molar refractivity (Wildman–Crippen MR) is 74.0 cm³/mol. The molecule has 2 heterocycles. The van der Waals surface area contributed by atoms with Crippen molar-refractivity contribution in [3.63, 3.8) is 0 Å². The van der Waals surface area contributed by atoms with E-state index >= 15 is 0 Å². The maximum absolute atomic E-state index is 12.0. The SMILES string of the molecule is Cl.O=C1CN(CC2CCCNC2)CCN1C1CC1. The Morgan fingerprint density at radius 3 is 2.67 bits per heavy atom. The Morgan fingerprint density at radius 1 is 1.22 bits per heavy atom. The fourth-order valence-corrected chi connectivity index (χ4v) is 3.11. The van der Waals surface area contributed by atoms with Gasteiger partial charge in [0, 0.05) is 25.7 Å². The fraction of sp³-hybridized carbons (Fsp3) is 0.923. The van der Waals surface area contributed by atoms with E-state index in [0.29, 0.717) is 18.5 Å². The van der Waals surface area contributed by atoms with Gasteiger partial charge in [0.15, 0.2) is 0 Å². The summed E-state index contributed by atoms with van der Waals surface area (Å²) in [5.74, 6) is 1.12. The van der Waals surface area contributed by atoms with Crippen LogP contribution in [0.3, 0.4) is 0 Å². The van der Waals surface area contributed by atoms with Gasteiger partial charge in [-0.2, -0.15) is 0 Å².